The van der Waals surface area contributed by atoms with Crippen LogP contribution in [-0.2, 0) is 4.79 Å². The minimum Gasteiger partial charge on any atom is -0.361 e. The van der Waals surface area contributed by atoms with Crippen LogP contribution in [0.25, 0.3) is 10.9 Å². The molecule has 0 bridgehead atoms. The first-order valence-corrected chi connectivity index (χ1v) is 6.42. The largest absolute Gasteiger partial charge is 0.361 e. The van der Waals surface area contributed by atoms with E-state index in [9.17, 15) is 4.79 Å². The Hall–Kier alpha value is -1.52. The van der Waals surface area contributed by atoms with Gasteiger partial charge in [0.15, 0.2) is 0 Å². The first-order chi connectivity index (χ1) is 8.83. The molecular weight excluding hydrogens is 262 g/mol. The van der Waals surface area contributed by atoms with Gasteiger partial charge in [-0.05, 0) is 43.7 Å². The number of hydrogen-bond acceptors (Lipinski definition) is 2. The quantitative estimate of drug-likeness (QED) is 0.791. The van der Waals surface area contributed by atoms with Gasteiger partial charge in [0.05, 0.1) is 5.92 Å². The van der Waals surface area contributed by atoms with Crippen LogP contribution in [0.1, 0.15) is 12.8 Å². The van der Waals surface area contributed by atoms with E-state index in [0.29, 0.717) is 0 Å². The number of benzene rings is 1. The molecule has 102 valence electrons. The van der Waals surface area contributed by atoms with Gasteiger partial charge in [-0.2, -0.15) is 0 Å². The SMILES string of the molecule is Cl.O=C(Nc1ccc2[nH]ccc2c1)C1CCCNC1. The van der Waals surface area contributed by atoms with Crippen molar-refractivity contribution in [3.63, 3.8) is 0 Å². The van der Waals surface area contributed by atoms with Gasteiger partial charge < -0.3 is 15.6 Å². The first kappa shape index (κ1) is 13.9. The summed E-state index contributed by atoms with van der Waals surface area (Å²) in [6, 6.07) is 7.93. The zero-order valence-electron chi connectivity index (χ0n) is 10.6. The summed E-state index contributed by atoms with van der Waals surface area (Å²) in [6.07, 6.45) is 3.96. The maximum Gasteiger partial charge on any atom is 0.228 e. The molecule has 3 rings (SSSR count). The number of halogens is 1. The third kappa shape index (κ3) is 3.08. The highest BCUT2D eigenvalue weighted by molar-refractivity contribution is 5.95. The molecule has 2 heterocycles. The third-order valence-corrected chi connectivity index (χ3v) is 3.49. The Bertz CT molecular complexity index is 561. The van der Waals surface area contributed by atoms with Gasteiger partial charge in [-0.15, -0.1) is 12.4 Å². The van der Waals surface area contributed by atoms with Crippen LogP contribution in [0.3, 0.4) is 0 Å². The number of piperidine rings is 1. The molecule has 2 aromatic rings. The molecule has 0 saturated carbocycles. The van der Waals surface area contributed by atoms with Gasteiger partial charge in [-0.25, -0.2) is 0 Å². The van der Waals surface area contributed by atoms with Crippen LogP contribution >= 0.6 is 12.4 Å². The summed E-state index contributed by atoms with van der Waals surface area (Å²) in [5, 5.41) is 7.38. The number of H-pyrrole nitrogens is 1. The molecule has 3 N–H and O–H groups in total. The van der Waals surface area contributed by atoms with Crippen LogP contribution in [0.4, 0.5) is 5.69 Å². The maximum atomic E-state index is 12.1. The number of fused-ring (bicyclic) bond motifs is 1. The predicted molar refractivity (Wildman–Crippen MR) is 79.8 cm³/mol. The van der Waals surface area contributed by atoms with Crippen molar-refractivity contribution in [1.82, 2.24) is 10.3 Å². The number of amides is 1. The van der Waals surface area contributed by atoms with Gasteiger partial charge in [0.25, 0.3) is 0 Å². The van der Waals surface area contributed by atoms with E-state index in [1.165, 1.54) is 0 Å². The molecule has 1 fully saturated rings. The van der Waals surface area contributed by atoms with E-state index < -0.39 is 0 Å². The van der Waals surface area contributed by atoms with Crippen molar-refractivity contribution in [2.45, 2.75) is 12.8 Å². The fraction of sp³-hybridized carbons (Fsp3) is 0.357. The minimum absolute atomic E-state index is 0. The highest BCUT2D eigenvalue weighted by Gasteiger charge is 2.20. The first-order valence-electron chi connectivity index (χ1n) is 6.42. The summed E-state index contributed by atoms with van der Waals surface area (Å²) < 4.78 is 0. The molecule has 1 atom stereocenters. The topological polar surface area (TPSA) is 56.9 Å². The third-order valence-electron chi connectivity index (χ3n) is 3.49. The Labute approximate surface area is 118 Å². The van der Waals surface area contributed by atoms with Gasteiger partial charge in [-0.3, -0.25) is 4.79 Å². The fourth-order valence-electron chi connectivity index (χ4n) is 2.45. The van der Waals surface area contributed by atoms with Crippen molar-refractivity contribution in [3.8, 4) is 0 Å². The molecule has 0 spiro atoms. The Morgan fingerprint density at radius 2 is 2.21 bits per heavy atom. The van der Waals surface area contributed by atoms with Crippen molar-refractivity contribution >= 4 is 34.9 Å². The zero-order chi connectivity index (χ0) is 12.4. The number of rotatable bonds is 2. The Morgan fingerprint density at radius 3 is 3.00 bits per heavy atom. The molecule has 0 radical (unpaired) electrons. The van der Waals surface area contributed by atoms with E-state index in [2.05, 4.69) is 15.6 Å². The highest BCUT2D eigenvalue weighted by Crippen LogP contribution is 2.19. The number of hydrogen-bond donors (Lipinski definition) is 3. The number of anilines is 1. The van der Waals surface area contributed by atoms with E-state index >= 15 is 0 Å². The molecule has 1 saturated heterocycles. The molecule has 4 nitrogen and oxygen atoms in total. The van der Waals surface area contributed by atoms with Crippen LogP contribution in [-0.4, -0.2) is 24.0 Å². The van der Waals surface area contributed by atoms with Gasteiger partial charge >= 0.3 is 0 Å². The molecular formula is C14H18ClN3O. The van der Waals surface area contributed by atoms with E-state index in [1.54, 1.807) is 0 Å². The van der Waals surface area contributed by atoms with Gasteiger partial charge in [-0.1, -0.05) is 0 Å². The maximum absolute atomic E-state index is 12.1. The Balaban J connectivity index is 0.00000133. The van der Waals surface area contributed by atoms with Gasteiger partial charge in [0.2, 0.25) is 5.91 Å². The smallest absolute Gasteiger partial charge is 0.228 e. The van der Waals surface area contributed by atoms with Crippen molar-refractivity contribution in [3.05, 3.63) is 30.5 Å². The van der Waals surface area contributed by atoms with E-state index in [0.717, 1.165) is 42.5 Å². The van der Waals surface area contributed by atoms with E-state index in [1.807, 2.05) is 30.5 Å². The lowest BCUT2D eigenvalue weighted by molar-refractivity contribution is -0.120. The Kier molecular flexibility index (Phi) is 4.45. The Morgan fingerprint density at radius 1 is 1.32 bits per heavy atom. The summed E-state index contributed by atoms with van der Waals surface area (Å²) in [5.74, 6) is 0.220. The second-order valence-electron chi connectivity index (χ2n) is 4.81. The number of carbonyl (C=O) groups is 1. The van der Waals surface area contributed by atoms with Crippen molar-refractivity contribution in [2.24, 2.45) is 5.92 Å². The van der Waals surface area contributed by atoms with Crippen molar-refractivity contribution in [1.29, 1.82) is 0 Å². The van der Waals surface area contributed by atoms with Gasteiger partial charge in [0, 0.05) is 29.3 Å². The van der Waals surface area contributed by atoms with Crippen molar-refractivity contribution in [2.75, 3.05) is 18.4 Å². The molecule has 1 aromatic carbocycles. The lowest BCUT2D eigenvalue weighted by Gasteiger charge is -2.21. The zero-order valence-corrected chi connectivity index (χ0v) is 11.4. The fourth-order valence-corrected chi connectivity index (χ4v) is 2.45. The lowest BCUT2D eigenvalue weighted by atomic mass is 9.99. The molecule has 5 heteroatoms. The number of aromatic nitrogens is 1. The summed E-state index contributed by atoms with van der Waals surface area (Å²) in [6.45, 7) is 1.82. The molecule has 0 aliphatic carbocycles. The number of nitrogens with one attached hydrogen (secondary N) is 3. The lowest BCUT2D eigenvalue weighted by Crippen LogP contribution is -2.37. The highest BCUT2D eigenvalue weighted by atomic mass is 35.5. The van der Waals surface area contributed by atoms with Crippen LogP contribution in [0.15, 0.2) is 30.5 Å². The van der Waals surface area contributed by atoms with Crippen molar-refractivity contribution < 1.29 is 4.79 Å². The standard InChI is InChI=1S/C14H17N3O.ClH/c18-14(11-2-1-6-15-9-11)17-12-3-4-13-10(8-12)5-7-16-13;/h3-5,7-8,11,15-16H,1-2,6,9H2,(H,17,18);1H. The van der Waals surface area contributed by atoms with E-state index in [-0.39, 0.29) is 24.2 Å². The second kappa shape index (κ2) is 6.08. The minimum atomic E-state index is 0. The molecule has 1 aliphatic rings. The van der Waals surface area contributed by atoms with Gasteiger partial charge in [0.1, 0.15) is 0 Å². The average molecular weight is 280 g/mol. The number of carbonyl (C=O) groups excluding carboxylic acids is 1. The molecule has 1 amide bonds. The summed E-state index contributed by atoms with van der Waals surface area (Å²) in [4.78, 5) is 15.2. The molecule has 1 aromatic heterocycles. The summed E-state index contributed by atoms with van der Waals surface area (Å²) in [7, 11) is 0. The number of aromatic amines is 1. The van der Waals surface area contributed by atoms with Crippen LogP contribution in [0, 0.1) is 5.92 Å². The molecule has 1 unspecified atom stereocenters. The summed E-state index contributed by atoms with van der Waals surface area (Å²) >= 11 is 0. The van der Waals surface area contributed by atoms with Crippen LogP contribution in [0.5, 0.6) is 0 Å². The second-order valence-corrected chi connectivity index (χ2v) is 4.81. The molecule has 1 aliphatic heterocycles. The monoisotopic (exact) mass is 279 g/mol. The van der Waals surface area contributed by atoms with E-state index in [4.69, 9.17) is 0 Å². The molecule has 19 heavy (non-hydrogen) atoms. The van der Waals surface area contributed by atoms with Crippen LogP contribution < -0.4 is 10.6 Å². The predicted octanol–water partition coefficient (Wildman–Crippen LogP) is 2.53. The normalized spacial score (nSPS) is 18.8. The summed E-state index contributed by atoms with van der Waals surface area (Å²) in [5.41, 5.74) is 1.96. The van der Waals surface area contributed by atoms with Crippen LogP contribution in [0.2, 0.25) is 0 Å². The average Bonchev–Trinajstić information content (AvgIpc) is 2.87.